The molecule has 1 aromatic rings. The highest BCUT2D eigenvalue weighted by Gasteiger charge is 2.42. The number of rotatable bonds is 2. The topological polar surface area (TPSA) is 49.0 Å². The van der Waals surface area contributed by atoms with Crippen LogP contribution in [0.3, 0.4) is 0 Å². The molecule has 1 saturated heterocycles. The molecule has 4 bridgehead atoms. The van der Waals surface area contributed by atoms with Crippen molar-refractivity contribution < 1.29 is 0 Å². The zero-order valence-electron chi connectivity index (χ0n) is 13.8. The number of nitrogens with one attached hydrogen (secondary N) is 1. The summed E-state index contributed by atoms with van der Waals surface area (Å²) in [5.74, 6) is 3.26. The highest BCUT2D eigenvalue weighted by molar-refractivity contribution is 5.24. The van der Waals surface area contributed by atoms with Crippen LogP contribution in [0.5, 0.6) is 0 Å². The van der Waals surface area contributed by atoms with Gasteiger partial charge in [0.05, 0.1) is 5.69 Å². The van der Waals surface area contributed by atoms with Gasteiger partial charge in [0.25, 0.3) is 5.56 Å². The van der Waals surface area contributed by atoms with Gasteiger partial charge in [0.15, 0.2) is 0 Å². The normalized spacial score (nSPS) is 38.0. The largest absolute Gasteiger partial charge is 0.311 e. The third-order valence-corrected chi connectivity index (χ3v) is 6.72. The number of hydrogen-bond donors (Lipinski definition) is 1. The predicted octanol–water partition coefficient (Wildman–Crippen LogP) is 2.22. The molecule has 2 fully saturated rings. The lowest BCUT2D eigenvalue weighted by Crippen LogP contribution is -2.41. The Labute approximate surface area is 137 Å². The second-order valence-corrected chi connectivity index (χ2v) is 8.11. The van der Waals surface area contributed by atoms with Crippen molar-refractivity contribution in [3.05, 3.63) is 39.6 Å². The Bertz CT molecular complexity index is 722. The van der Waals surface area contributed by atoms with E-state index in [0.717, 1.165) is 47.7 Å². The highest BCUT2D eigenvalue weighted by Crippen LogP contribution is 2.45. The summed E-state index contributed by atoms with van der Waals surface area (Å²) in [5.41, 5.74) is 2.12. The Hall–Kier alpha value is -1.42. The maximum atomic E-state index is 12.3. The molecule has 2 aliphatic carbocycles. The number of aromatic nitrogens is 2. The van der Waals surface area contributed by atoms with Crippen LogP contribution >= 0.6 is 0 Å². The molecule has 0 amide bonds. The van der Waals surface area contributed by atoms with E-state index in [9.17, 15) is 4.79 Å². The van der Waals surface area contributed by atoms with Crippen LogP contribution in [0.2, 0.25) is 0 Å². The van der Waals surface area contributed by atoms with E-state index >= 15 is 0 Å². The summed E-state index contributed by atoms with van der Waals surface area (Å²) in [6.07, 6.45) is 12.0. The van der Waals surface area contributed by atoms with Gasteiger partial charge in [-0.2, -0.15) is 0 Å². The zero-order valence-corrected chi connectivity index (χ0v) is 13.8. The minimum atomic E-state index is 0.0999. The molecule has 0 aromatic carbocycles. The van der Waals surface area contributed by atoms with E-state index in [0.29, 0.717) is 12.1 Å². The number of aryl methyl sites for hydroxylation is 1. The molecule has 3 heterocycles. The average Bonchev–Trinajstić information content (AvgIpc) is 3.16. The Balaban J connectivity index is 1.42. The smallest absolute Gasteiger partial charge is 0.254 e. The van der Waals surface area contributed by atoms with Gasteiger partial charge < -0.3 is 4.98 Å². The predicted molar refractivity (Wildman–Crippen MR) is 89.4 cm³/mol. The lowest BCUT2D eigenvalue weighted by atomic mass is 9.92. The first-order valence-electron chi connectivity index (χ1n) is 9.20. The summed E-state index contributed by atoms with van der Waals surface area (Å²) in [7, 11) is 0. The number of nitrogens with zero attached hydrogens (tertiary/aromatic N) is 2. The molecule has 0 spiro atoms. The molecular weight excluding hydrogens is 286 g/mol. The van der Waals surface area contributed by atoms with Crippen LogP contribution in [0.15, 0.2) is 16.9 Å². The number of H-pyrrole nitrogens is 1. The molecule has 5 atom stereocenters. The third-order valence-electron chi connectivity index (χ3n) is 6.72. The lowest BCUT2D eigenvalue weighted by molar-refractivity contribution is 0.154. The van der Waals surface area contributed by atoms with E-state index in [1.54, 1.807) is 0 Å². The van der Waals surface area contributed by atoms with E-state index < -0.39 is 0 Å². The maximum Gasteiger partial charge on any atom is 0.254 e. The SMILES string of the molecule is Cc1nc2c(c(=O)[nH]1)C[C@@H]1CC[C@H](C2)N1C[C@@H]1C[C@H]2C=C[C@H]1C2. The molecule has 4 aliphatic rings. The van der Waals surface area contributed by atoms with Crippen LogP contribution in [0.1, 0.15) is 42.8 Å². The first-order chi connectivity index (χ1) is 11.2. The van der Waals surface area contributed by atoms with E-state index in [4.69, 9.17) is 0 Å². The van der Waals surface area contributed by atoms with Gasteiger partial charge in [0.1, 0.15) is 5.82 Å². The van der Waals surface area contributed by atoms with Gasteiger partial charge in [-0.05, 0) is 56.8 Å². The summed E-state index contributed by atoms with van der Waals surface area (Å²) < 4.78 is 0. The van der Waals surface area contributed by atoms with Crippen LogP contribution in [0, 0.1) is 24.7 Å². The standard InChI is InChI=1S/C19H25N3O/c1-11-20-18-9-16-5-4-15(8-17(18)19(23)21-11)22(16)10-14-7-12-2-3-13(14)6-12/h2-3,12-16H,4-10H2,1H3,(H,20,21,23)/t12-,13-,14-,15-,16+/m0/s1. The minimum absolute atomic E-state index is 0.0999. The van der Waals surface area contributed by atoms with Crippen molar-refractivity contribution in [2.45, 2.75) is 57.5 Å². The van der Waals surface area contributed by atoms with Crippen molar-refractivity contribution in [1.82, 2.24) is 14.9 Å². The molecule has 122 valence electrons. The summed E-state index contributed by atoms with van der Waals surface area (Å²) in [6.45, 7) is 3.12. The number of hydrogen-bond acceptors (Lipinski definition) is 3. The quantitative estimate of drug-likeness (QED) is 0.852. The molecule has 0 radical (unpaired) electrons. The summed E-state index contributed by atoms with van der Waals surface area (Å²) in [6, 6.07) is 1.15. The molecule has 1 N–H and O–H groups in total. The molecule has 4 heteroatoms. The van der Waals surface area contributed by atoms with Gasteiger partial charge >= 0.3 is 0 Å². The van der Waals surface area contributed by atoms with Gasteiger partial charge in [0, 0.05) is 30.6 Å². The van der Waals surface area contributed by atoms with E-state index in [-0.39, 0.29) is 5.56 Å². The second kappa shape index (κ2) is 5.04. The minimum Gasteiger partial charge on any atom is -0.311 e. The number of allylic oxidation sites excluding steroid dienone is 2. The fourth-order valence-corrected chi connectivity index (χ4v) is 5.63. The van der Waals surface area contributed by atoms with Gasteiger partial charge in [-0.3, -0.25) is 9.69 Å². The van der Waals surface area contributed by atoms with E-state index in [2.05, 4.69) is 27.0 Å². The van der Waals surface area contributed by atoms with Gasteiger partial charge in [-0.15, -0.1) is 0 Å². The molecule has 4 nitrogen and oxygen atoms in total. The Morgan fingerprint density at radius 3 is 2.78 bits per heavy atom. The van der Waals surface area contributed by atoms with Crippen LogP contribution in [-0.4, -0.2) is 33.5 Å². The molecule has 2 aliphatic heterocycles. The van der Waals surface area contributed by atoms with Crippen LogP contribution in [-0.2, 0) is 12.8 Å². The lowest BCUT2D eigenvalue weighted by Gasteiger charge is -2.32. The Morgan fingerprint density at radius 2 is 2.04 bits per heavy atom. The highest BCUT2D eigenvalue weighted by atomic mass is 16.1. The first-order valence-corrected chi connectivity index (χ1v) is 9.20. The van der Waals surface area contributed by atoms with Gasteiger partial charge in [-0.1, -0.05) is 12.2 Å². The van der Waals surface area contributed by atoms with Crippen LogP contribution < -0.4 is 5.56 Å². The molecule has 23 heavy (non-hydrogen) atoms. The molecule has 5 rings (SSSR count). The van der Waals surface area contributed by atoms with Crippen molar-refractivity contribution in [1.29, 1.82) is 0 Å². The summed E-state index contributed by atoms with van der Waals surface area (Å²) in [5, 5.41) is 0. The first kappa shape index (κ1) is 14.0. The zero-order chi connectivity index (χ0) is 15.6. The fraction of sp³-hybridized carbons (Fsp3) is 0.684. The average molecular weight is 311 g/mol. The van der Waals surface area contributed by atoms with Crippen molar-refractivity contribution in [3.8, 4) is 0 Å². The Kier molecular flexibility index (Phi) is 3.06. The molecule has 1 saturated carbocycles. The fourth-order valence-electron chi connectivity index (χ4n) is 5.63. The van der Waals surface area contributed by atoms with Crippen LogP contribution in [0.25, 0.3) is 0 Å². The van der Waals surface area contributed by atoms with Crippen molar-refractivity contribution in [2.75, 3.05) is 6.54 Å². The monoisotopic (exact) mass is 311 g/mol. The van der Waals surface area contributed by atoms with Crippen molar-refractivity contribution >= 4 is 0 Å². The van der Waals surface area contributed by atoms with Crippen molar-refractivity contribution in [3.63, 3.8) is 0 Å². The summed E-state index contributed by atoms with van der Waals surface area (Å²) in [4.78, 5) is 22.7. The Morgan fingerprint density at radius 1 is 1.22 bits per heavy atom. The third kappa shape index (κ3) is 2.22. The second-order valence-electron chi connectivity index (χ2n) is 8.11. The number of fused-ring (bicyclic) bond motifs is 5. The van der Waals surface area contributed by atoms with Gasteiger partial charge in [-0.25, -0.2) is 4.98 Å². The molecule has 1 aromatic heterocycles. The van der Waals surface area contributed by atoms with E-state index in [1.807, 2.05) is 6.92 Å². The van der Waals surface area contributed by atoms with Gasteiger partial charge in [0.2, 0.25) is 0 Å². The summed E-state index contributed by atoms with van der Waals surface area (Å²) >= 11 is 0. The van der Waals surface area contributed by atoms with Crippen molar-refractivity contribution in [2.24, 2.45) is 17.8 Å². The molecular formula is C19H25N3O. The van der Waals surface area contributed by atoms with Crippen LogP contribution in [0.4, 0.5) is 0 Å². The van der Waals surface area contributed by atoms with E-state index in [1.165, 1.54) is 32.2 Å². The number of aromatic amines is 1. The molecule has 0 unspecified atom stereocenters. The maximum absolute atomic E-state index is 12.3.